The first-order valence-electron chi connectivity index (χ1n) is 7.50. The van der Waals surface area contributed by atoms with Crippen molar-refractivity contribution in [3.63, 3.8) is 0 Å². The Morgan fingerprint density at radius 3 is 2.35 bits per heavy atom. The quantitative estimate of drug-likeness (QED) is 0.766. The average molecular weight is 331 g/mol. The minimum atomic E-state index is -0.123. The molecule has 0 saturated carbocycles. The predicted molar refractivity (Wildman–Crippen MR) is 91.3 cm³/mol. The Labute approximate surface area is 140 Å². The van der Waals surface area contributed by atoms with Gasteiger partial charge in [-0.1, -0.05) is 48.0 Å². The van der Waals surface area contributed by atoms with Crippen molar-refractivity contribution in [2.75, 3.05) is 6.54 Å². The highest BCUT2D eigenvalue weighted by Crippen LogP contribution is 2.14. The van der Waals surface area contributed by atoms with Gasteiger partial charge < -0.3 is 10.6 Å². The Morgan fingerprint density at radius 1 is 0.913 bits per heavy atom. The van der Waals surface area contributed by atoms with Crippen LogP contribution in [0.15, 0.2) is 54.6 Å². The highest BCUT2D eigenvalue weighted by atomic mass is 35.5. The van der Waals surface area contributed by atoms with Crippen LogP contribution in [0, 0.1) is 0 Å². The fourth-order valence-corrected chi connectivity index (χ4v) is 2.27. The van der Waals surface area contributed by atoms with Crippen LogP contribution >= 0.6 is 11.6 Å². The molecule has 0 aromatic heterocycles. The summed E-state index contributed by atoms with van der Waals surface area (Å²) in [4.78, 5) is 23.6. The molecule has 0 aliphatic rings. The lowest BCUT2D eigenvalue weighted by Crippen LogP contribution is -2.27. The Bertz CT molecular complexity index is 659. The maximum Gasteiger partial charge on any atom is 0.251 e. The van der Waals surface area contributed by atoms with Gasteiger partial charge in [-0.3, -0.25) is 9.59 Å². The summed E-state index contributed by atoms with van der Waals surface area (Å²) in [6.07, 6.45) is 0.951. The van der Waals surface area contributed by atoms with E-state index in [1.54, 1.807) is 18.2 Å². The molecule has 0 spiro atoms. The Morgan fingerprint density at radius 2 is 1.61 bits per heavy atom. The summed E-state index contributed by atoms with van der Waals surface area (Å²) in [5.74, 6) is -0.180. The first kappa shape index (κ1) is 17.0. The highest BCUT2D eigenvalue weighted by molar-refractivity contribution is 6.31. The van der Waals surface area contributed by atoms with Crippen molar-refractivity contribution in [1.82, 2.24) is 10.6 Å². The van der Waals surface area contributed by atoms with Crippen molar-refractivity contribution >= 4 is 23.4 Å². The average Bonchev–Trinajstić information content (AvgIpc) is 2.58. The fraction of sp³-hybridized carbons (Fsp3) is 0.222. The second-order valence-corrected chi connectivity index (χ2v) is 5.50. The van der Waals surface area contributed by atoms with Gasteiger partial charge in [0.25, 0.3) is 5.91 Å². The van der Waals surface area contributed by atoms with Gasteiger partial charge in [0.2, 0.25) is 5.91 Å². The molecule has 2 N–H and O–H groups in total. The normalized spacial score (nSPS) is 10.1. The smallest absolute Gasteiger partial charge is 0.251 e. The molecule has 0 saturated heterocycles. The zero-order valence-corrected chi connectivity index (χ0v) is 13.5. The van der Waals surface area contributed by atoms with Crippen LogP contribution in [0.4, 0.5) is 0 Å². The van der Waals surface area contributed by atoms with E-state index < -0.39 is 0 Å². The van der Waals surface area contributed by atoms with Crippen LogP contribution in [-0.4, -0.2) is 18.4 Å². The SMILES string of the molecule is O=C(CCCNC(=O)c1ccccc1)NCc1ccccc1Cl. The third kappa shape index (κ3) is 5.75. The molecule has 0 aliphatic heterocycles. The van der Waals surface area contributed by atoms with E-state index in [4.69, 9.17) is 11.6 Å². The second-order valence-electron chi connectivity index (χ2n) is 5.09. The van der Waals surface area contributed by atoms with Gasteiger partial charge in [0.1, 0.15) is 0 Å². The molecule has 2 rings (SSSR count). The molecule has 2 amide bonds. The summed E-state index contributed by atoms with van der Waals surface area (Å²) >= 11 is 6.03. The molecule has 0 radical (unpaired) electrons. The molecule has 0 unspecified atom stereocenters. The first-order valence-corrected chi connectivity index (χ1v) is 7.88. The fourth-order valence-electron chi connectivity index (χ4n) is 2.07. The third-order valence-corrected chi connectivity index (χ3v) is 3.70. The Kier molecular flexibility index (Phi) is 6.63. The largest absolute Gasteiger partial charge is 0.352 e. The number of carbonyl (C=O) groups excluding carboxylic acids is 2. The molecule has 5 heteroatoms. The highest BCUT2D eigenvalue weighted by Gasteiger charge is 2.06. The van der Waals surface area contributed by atoms with Gasteiger partial charge in [0.05, 0.1) is 0 Å². The number of hydrogen-bond acceptors (Lipinski definition) is 2. The molecular weight excluding hydrogens is 312 g/mol. The van der Waals surface area contributed by atoms with Crippen LogP contribution in [-0.2, 0) is 11.3 Å². The van der Waals surface area contributed by atoms with Crippen molar-refractivity contribution < 1.29 is 9.59 Å². The van der Waals surface area contributed by atoms with E-state index in [-0.39, 0.29) is 11.8 Å². The molecule has 4 nitrogen and oxygen atoms in total. The lowest BCUT2D eigenvalue weighted by molar-refractivity contribution is -0.121. The van der Waals surface area contributed by atoms with E-state index in [1.165, 1.54) is 0 Å². The van der Waals surface area contributed by atoms with Crippen molar-refractivity contribution in [2.24, 2.45) is 0 Å². The molecule has 0 bridgehead atoms. The maximum absolute atomic E-state index is 11.8. The minimum absolute atomic E-state index is 0.0566. The predicted octanol–water partition coefficient (Wildman–Crippen LogP) is 3.17. The van der Waals surface area contributed by atoms with E-state index in [0.29, 0.717) is 36.5 Å². The molecular formula is C18H19ClN2O2. The van der Waals surface area contributed by atoms with E-state index in [1.807, 2.05) is 36.4 Å². The number of nitrogens with one attached hydrogen (secondary N) is 2. The van der Waals surface area contributed by atoms with Crippen LogP contribution in [0.1, 0.15) is 28.8 Å². The van der Waals surface area contributed by atoms with Crippen molar-refractivity contribution in [1.29, 1.82) is 0 Å². The maximum atomic E-state index is 11.8. The van der Waals surface area contributed by atoms with Gasteiger partial charge >= 0.3 is 0 Å². The lowest BCUT2D eigenvalue weighted by atomic mass is 10.2. The molecule has 2 aromatic carbocycles. The second kappa shape index (κ2) is 8.96. The standard InChI is InChI=1S/C18H19ClN2O2/c19-16-10-5-4-9-15(16)13-21-17(22)11-6-12-20-18(23)14-7-2-1-3-8-14/h1-5,7-10H,6,11-13H2,(H,20,23)(H,21,22). The van der Waals surface area contributed by atoms with Crippen LogP contribution in [0.2, 0.25) is 5.02 Å². The van der Waals surface area contributed by atoms with E-state index in [9.17, 15) is 9.59 Å². The van der Waals surface area contributed by atoms with Gasteiger partial charge in [0, 0.05) is 30.1 Å². The number of halogens is 1. The van der Waals surface area contributed by atoms with Crippen LogP contribution in [0.5, 0.6) is 0 Å². The number of carbonyl (C=O) groups is 2. The Balaban J connectivity index is 1.63. The number of rotatable bonds is 7. The zero-order chi connectivity index (χ0) is 16.5. The topological polar surface area (TPSA) is 58.2 Å². The first-order chi connectivity index (χ1) is 11.2. The molecule has 0 fully saturated rings. The molecule has 23 heavy (non-hydrogen) atoms. The monoisotopic (exact) mass is 330 g/mol. The van der Waals surface area contributed by atoms with Crippen LogP contribution < -0.4 is 10.6 Å². The van der Waals surface area contributed by atoms with Crippen molar-refractivity contribution in [3.05, 3.63) is 70.7 Å². The van der Waals surface area contributed by atoms with Crippen molar-refractivity contribution in [3.8, 4) is 0 Å². The summed E-state index contributed by atoms with van der Waals surface area (Å²) in [7, 11) is 0. The van der Waals surface area contributed by atoms with E-state index in [0.717, 1.165) is 5.56 Å². The minimum Gasteiger partial charge on any atom is -0.352 e. The van der Waals surface area contributed by atoms with Crippen LogP contribution in [0.3, 0.4) is 0 Å². The molecule has 0 aliphatic carbocycles. The molecule has 120 valence electrons. The van der Waals surface area contributed by atoms with E-state index >= 15 is 0 Å². The Hall–Kier alpha value is -2.33. The molecule has 2 aromatic rings. The summed E-state index contributed by atoms with van der Waals surface area (Å²) in [5.41, 5.74) is 1.51. The van der Waals surface area contributed by atoms with Crippen molar-refractivity contribution in [2.45, 2.75) is 19.4 Å². The van der Waals surface area contributed by atoms with Crippen LogP contribution in [0.25, 0.3) is 0 Å². The number of hydrogen-bond donors (Lipinski definition) is 2. The van der Waals surface area contributed by atoms with E-state index in [2.05, 4.69) is 10.6 Å². The summed E-state index contributed by atoms with van der Waals surface area (Å²) in [6, 6.07) is 16.4. The zero-order valence-electron chi connectivity index (χ0n) is 12.7. The summed E-state index contributed by atoms with van der Waals surface area (Å²) < 4.78 is 0. The lowest BCUT2D eigenvalue weighted by Gasteiger charge is -2.08. The van der Waals surface area contributed by atoms with Gasteiger partial charge in [0.15, 0.2) is 0 Å². The molecule has 0 atom stereocenters. The summed E-state index contributed by atoms with van der Waals surface area (Å²) in [6.45, 7) is 0.877. The molecule has 0 heterocycles. The van der Waals surface area contributed by atoms with Gasteiger partial charge in [-0.05, 0) is 30.2 Å². The van der Waals surface area contributed by atoms with Gasteiger partial charge in [-0.2, -0.15) is 0 Å². The number of amides is 2. The van der Waals surface area contributed by atoms with Gasteiger partial charge in [-0.15, -0.1) is 0 Å². The number of benzene rings is 2. The summed E-state index contributed by atoms with van der Waals surface area (Å²) in [5, 5.41) is 6.26. The third-order valence-electron chi connectivity index (χ3n) is 3.34. The van der Waals surface area contributed by atoms with Gasteiger partial charge in [-0.25, -0.2) is 0 Å².